The topological polar surface area (TPSA) is 90.6 Å². The average molecular weight is 326 g/mol. The van der Waals surface area contributed by atoms with Crippen LogP contribution in [0.15, 0.2) is 42.6 Å². The Morgan fingerprint density at radius 3 is 2.62 bits per heavy atom. The van der Waals surface area contributed by atoms with E-state index in [1.165, 1.54) is 0 Å². The van der Waals surface area contributed by atoms with Crippen molar-refractivity contribution in [1.82, 2.24) is 9.97 Å². The zero-order valence-electron chi connectivity index (χ0n) is 13.1. The molecule has 24 heavy (non-hydrogen) atoms. The number of nitrogens with two attached hydrogens (primary N) is 1. The molecule has 1 amide bonds. The lowest BCUT2D eigenvalue weighted by atomic mass is 9.82. The Bertz CT molecular complexity index is 747. The number of nitrogen functional groups attached to an aromatic ring is 1. The Balaban J connectivity index is 1.83. The van der Waals surface area contributed by atoms with Gasteiger partial charge in [0.25, 0.3) is 0 Å². The standard InChI is InChI=1S/C17H18N4O3/c18-15-19-9-6-13(20-15)21-14(12-4-2-1-3-5-12)17(24-16(21)22)7-10-23-11-8-17/h1-6,9,14H,7-8,10-11H2,(H2,18,19,20). The number of ether oxygens (including phenoxy) is 2. The van der Waals surface area contributed by atoms with Crippen LogP contribution in [0.25, 0.3) is 0 Å². The SMILES string of the molecule is Nc1nccc(N2C(=O)OC3(CCOCC3)C2c2ccccc2)n1. The van der Waals surface area contributed by atoms with Gasteiger partial charge in [-0.05, 0) is 11.6 Å². The van der Waals surface area contributed by atoms with E-state index in [-0.39, 0.29) is 12.0 Å². The van der Waals surface area contributed by atoms with Crippen LogP contribution in [0.3, 0.4) is 0 Å². The third-order valence-electron chi connectivity index (χ3n) is 4.60. The van der Waals surface area contributed by atoms with Crippen LogP contribution in [-0.4, -0.2) is 34.9 Å². The van der Waals surface area contributed by atoms with E-state index in [0.717, 1.165) is 5.56 Å². The van der Waals surface area contributed by atoms with Gasteiger partial charge in [-0.15, -0.1) is 0 Å². The number of carbonyl (C=O) groups is 1. The van der Waals surface area contributed by atoms with Crippen LogP contribution in [0.4, 0.5) is 16.6 Å². The summed E-state index contributed by atoms with van der Waals surface area (Å²) in [4.78, 5) is 22.4. The molecule has 0 saturated carbocycles. The molecule has 1 aromatic heterocycles. The zero-order valence-corrected chi connectivity index (χ0v) is 13.1. The van der Waals surface area contributed by atoms with Crippen LogP contribution in [0.2, 0.25) is 0 Å². The molecule has 7 heteroatoms. The number of rotatable bonds is 2. The van der Waals surface area contributed by atoms with Crippen LogP contribution in [0.5, 0.6) is 0 Å². The summed E-state index contributed by atoms with van der Waals surface area (Å²) in [6.07, 6.45) is 2.43. The van der Waals surface area contributed by atoms with Crippen molar-refractivity contribution < 1.29 is 14.3 Å². The molecule has 7 nitrogen and oxygen atoms in total. The van der Waals surface area contributed by atoms with Crippen molar-refractivity contribution in [2.75, 3.05) is 23.8 Å². The van der Waals surface area contributed by atoms with Gasteiger partial charge in [0.05, 0.1) is 13.2 Å². The highest BCUT2D eigenvalue weighted by Crippen LogP contribution is 2.48. The molecular weight excluding hydrogens is 308 g/mol. The smallest absolute Gasteiger partial charge is 0.416 e. The van der Waals surface area contributed by atoms with Crippen LogP contribution >= 0.6 is 0 Å². The van der Waals surface area contributed by atoms with Crippen molar-refractivity contribution in [2.45, 2.75) is 24.5 Å². The van der Waals surface area contributed by atoms with E-state index in [4.69, 9.17) is 15.2 Å². The lowest BCUT2D eigenvalue weighted by Gasteiger charge is -2.37. The Morgan fingerprint density at radius 1 is 1.17 bits per heavy atom. The van der Waals surface area contributed by atoms with Crippen molar-refractivity contribution in [3.8, 4) is 0 Å². The number of amides is 1. The first-order chi connectivity index (χ1) is 11.7. The summed E-state index contributed by atoms with van der Waals surface area (Å²) in [6, 6.07) is 11.3. The molecule has 1 aromatic carbocycles. The van der Waals surface area contributed by atoms with Gasteiger partial charge in [-0.25, -0.2) is 14.7 Å². The third-order valence-corrected chi connectivity index (χ3v) is 4.60. The molecule has 0 radical (unpaired) electrons. The summed E-state index contributed by atoms with van der Waals surface area (Å²) in [5.74, 6) is 0.574. The molecule has 2 aliphatic rings. The van der Waals surface area contributed by atoms with E-state index in [9.17, 15) is 4.79 Å². The second-order valence-electron chi connectivity index (χ2n) is 6.00. The third kappa shape index (κ3) is 2.37. The van der Waals surface area contributed by atoms with Crippen molar-refractivity contribution in [3.63, 3.8) is 0 Å². The molecule has 3 heterocycles. The number of hydrogen-bond donors (Lipinski definition) is 1. The Hall–Kier alpha value is -2.67. The molecule has 1 unspecified atom stereocenters. The molecule has 0 aliphatic carbocycles. The van der Waals surface area contributed by atoms with Gasteiger partial charge in [0, 0.05) is 19.0 Å². The predicted octanol–water partition coefficient (Wildman–Crippen LogP) is 2.31. The molecule has 2 fully saturated rings. The van der Waals surface area contributed by atoms with Gasteiger partial charge in [-0.3, -0.25) is 0 Å². The molecular formula is C17H18N4O3. The minimum atomic E-state index is -0.615. The number of hydrogen-bond acceptors (Lipinski definition) is 6. The lowest BCUT2D eigenvalue weighted by Crippen LogP contribution is -2.43. The average Bonchev–Trinajstić information content (AvgIpc) is 2.88. The number of nitrogens with zero attached hydrogens (tertiary/aromatic N) is 3. The van der Waals surface area contributed by atoms with E-state index in [0.29, 0.717) is 31.9 Å². The van der Waals surface area contributed by atoms with Crippen molar-refractivity contribution in [2.24, 2.45) is 0 Å². The fraction of sp³-hybridized carbons (Fsp3) is 0.353. The first kappa shape index (κ1) is 14.9. The summed E-state index contributed by atoms with van der Waals surface area (Å²) in [5.41, 5.74) is 6.09. The maximum atomic E-state index is 12.7. The predicted molar refractivity (Wildman–Crippen MR) is 87.4 cm³/mol. The molecule has 4 rings (SSSR count). The van der Waals surface area contributed by atoms with Crippen molar-refractivity contribution in [1.29, 1.82) is 0 Å². The normalized spacial score (nSPS) is 22.6. The van der Waals surface area contributed by atoms with Gasteiger partial charge in [0.15, 0.2) is 0 Å². The number of carbonyl (C=O) groups excluding carboxylic acids is 1. The lowest BCUT2D eigenvalue weighted by molar-refractivity contribution is -0.0590. The Morgan fingerprint density at radius 2 is 1.92 bits per heavy atom. The molecule has 1 spiro atoms. The molecule has 124 valence electrons. The number of anilines is 2. The molecule has 1 atom stereocenters. The maximum Gasteiger partial charge on any atom is 0.416 e. The fourth-order valence-corrected chi connectivity index (χ4v) is 3.52. The van der Waals surface area contributed by atoms with Crippen LogP contribution < -0.4 is 10.6 Å². The Kier molecular flexibility index (Phi) is 3.57. The largest absolute Gasteiger partial charge is 0.440 e. The van der Waals surface area contributed by atoms with Gasteiger partial charge in [-0.1, -0.05) is 30.3 Å². The van der Waals surface area contributed by atoms with Crippen molar-refractivity contribution >= 4 is 17.9 Å². The zero-order chi connectivity index (χ0) is 16.6. The maximum absolute atomic E-state index is 12.7. The summed E-state index contributed by atoms with van der Waals surface area (Å²) in [7, 11) is 0. The van der Waals surface area contributed by atoms with Gasteiger partial charge in [-0.2, -0.15) is 4.98 Å². The number of aromatic nitrogens is 2. The first-order valence-electron chi connectivity index (χ1n) is 7.93. The highest BCUT2D eigenvalue weighted by Gasteiger charge is 2.56. The van der Waals surface area contributed by atoms with Crippen molar-refractivity contribution in [3.05, 3.63) is 48.2 Å². The molecule has 2 aliphatic heterocycles. The van der Waals surface area contributed by atoms with Gasteiger partial charge in [0.1, 0.15) is 17.5 Å². The quantitative estimate of drug-likeness (QED) is 0.910. The summed E-state index contributed by atoms with van der Waals surface area (Å²) in [6.45, 7) is 1.13. The highest BCUT2D eigenvalue weighted by molar-refractivity contribution is 5.90. The minimum Gasteiger partial charge on any atom is -0.440 e. The second kappa shape index (κ2) is 5.76. The molecule has 2 aromatic rings. The number of benzene rings is 1. The second-order valence-corrected chi connectivity index (χ2v) is 6.00. The van der Waals surface area contributed by atoms with E-state index in [2.05, 4.69) is 9.97 Å². The molecule has 2 saturated heterocycles. The van der Waals surface area contributed by atoms with Crippen LogP contribution in [0.1, 0.15) is 24.4 Å². The summed E-state index contributed by atoms with van der Waals surface area (Å²) < 4.78 is 11.3. The molecule has 0 bridgehead atoms. The van der Waals surface area contributed by atoms with E-state index >= 15 is 0 Å². The first-order valence-corrected chi connectivity index (χ1v) is 7.93. The minimum absolute atomic E-state index is 0.125. The van der Waals surface area contributed by atoms with E-state index < -0.39 is 11.7 Å². The summed E-state index contributed by atoms with van der Waals surface area (Å²) in [5, 5.41) is 0. The van der Waals surface area contributed by atoms with Gasteiger partial charge >= 0.3 is 6.09 Å². The van der Waals surface area contributed by atoms with Crippen LogP contribution in [-0.2, 0) is 9.47 Å². The molecule has 2 N–H and O–H groups in total. The highest BCUT2D eigenvalue weighted by atomic mass is 16.6. The van der Waals surface area contributed by atoms with E-state index in [1.807, 2.05) is 30.3 Å². The van der Waals surface area contributed by atoms with Gasteiger partial charge < -0.3 is 15.2 Å². The summed E-state index contributed by atoms with van der Waals surface area (Å²) >= 11 is 0. The monoisotopic (exact) mass is 326 g/mol. The Labute approximate surface area is 139 Å². The van der Waals surface area contributed by atoms with E-state index in [1.54, 1.807) is 17.2 Å². The van der Waals surface area contributed by atoms with Gasteiger partial charge in [0.2, 0.25) is 5.95 Å². The fourth-order valence-electron chi connectivity index (χ4n) is 3.52. The van der Waals surface area contributed by atoms with Crippen LogP contribution in [0, 0.1) is 0 Å².